The number of halogens is 3. The Morgan fingerprint density at radius 3 is 2.50 bits per heavy atom. The van der Waals surface area contributed by atoms with Gasteiger partial charge in [0, 0.05) is 32.9 Å². The first-order valence-corrected chi connectivity index (χ1v) is 8.69. The van der Waals surface area contributed by atoms with Gasteiger partial charge in [0.2, 0.25) is 5.91 Å². The maximum absolute atomic E-state index is 13.9. The standard InChI is InChI=1S/C20H13BrF2N2O/c21-16-6-4-12(22)8-11(16)10-25-17-7-5-13(23)9-15(17)19-14(20(24)26)2-1-3-18(19)25/h1-9H,10H2,(H2,24,26). The molecule has 26 heavy (non-hydrogen) atoms. The van der Waals surface area contributed by atoms with E-state index in [4.69, 9.17) is 5.73 Å². The van der Waals surface area contributed by atoms with Crippen LogP contribution in [0.4, 0.5) is 8.78 Å². The Morgan fingerprint density at radius 2 is 1.73 bits per heavy atom. The Hall–Kier alpha value is -2.73. The van der Waals surface area contributed by atoms with E-state index in [0.717, 1.165) is 21.1 Å². The quantitative estimate of drug-likeness (QED) is 0.504. The van der Waals surface area contributed by atoms with E-state index < -0.39 is 11.7 Å². The lowest BCUT2D eigenvalue weighted by Crippen LogP contribution is -2.11. The summed E-state index contributed by atoms with van der Waals surface area (Å²) in [5.74, 6) is -1.32. The van der Waals surface area contributed by atoms with Crippen LogP contribution in [0.15, 0.2) is 59.1 Å². The number of primary amides is 1. The summed E-state index contributed by atoms with van der Waals surface area (Å²) in [4.78, 5) is 11.9. The molecule has 1 aromatic heterocycles. The van der Waals surface area contributed by atoms with Gasteiger partial charge in [0.05, 0.1) is 5.52 Å². The van der Waals surface area contributed by atoms with Gasteiger partial charge in [-0.25, -0.2) is 8.78 Å². The van der Waals surface area contributed by atoms with E-state index in [9.17, 15) is 13.6 Å². The number of hydrogen-bond donors (Lipinski definition) is 1. The van der Waals surface area contributed by atoms with Gasteiger partial charge in [-0.3, -0.25) is 4.79 Å². The molecule has 0 aliphatic heterocycles. The summed E-state index contributed by atoms with van der Waals surface area (Å²) in [5, 5.41) is 1.20. The summed E-state index contributed by atoms with van der Waals surface area (Å²) in [6.07, 6.45) is 0. The molecular weight excluding hydrogens is 402 g/mol. The van der Waals surface area contributed by atoms with Crippen molar-refractivity contribution < 1.29 is 13.6 Å². The van der Waals surface area contributed by atoms with Gasteiger partial charge in [0.15, 0.2) is 0 Å². The van der Waals surface area contributed by atoms with Crippen molar-refractivity contribution in [2.24, 2.45) is 5.73 Å². The number of benzene rings is 3. The Bertz CT molecular complexity index is 1180. The minimum absolute atomic E-state index is 0.329. The first-order valence-electron chi connectivity index (χ1n) is 7.90. The maximum atomic E-state index is 13.9. The molecule has 4 rings (SSSR count). The second-order valence-electron chi connectivity index (χ2n) is 6.05. The number of nitrogens with two attached hydrogens (primary N) is 1. The van der Waals surface area contributed by atoms with Crippen LogP contribution in [0, 0.1) is 11.6 Å². The molecule has 0 saturated carbocycles. The van der Waals surface area contributed by atoms with Crippen molar-refractivity contribution in [3.63, 3.8) is 0 Å². The molecule has 3 aromatic carbocycles. The zero-order valence-corrected chi connectivity index (χ0v) is 15.1. The van der Waals surface area contributed by atoms with Crippen LogP contribution in [0.2, 0.25) is 0 Å². The van der Waals surface area contributed by atoms with Gasteiger partial charge in [0.1, 0.15) is 11.6 Å². The van der Waals surface area contributed by atoms with Crippen LogP contribution in [0.1, 0.15) is 15.9 Å². The second-order valence-corrected chi connectivity index (χ2v) is 6.90. The minimum Gasteiger partial charge on any atom is -0.366 e. The highest BCUT2D eigenvalue weighted by Gasteiger charge is 2.17. The first kappa shape index (κ1) is 16.7. The highest BCUT2D eigenvalue weighted by atomic mass is 79.9. The molecule has 4 aromatic rings. The number of nitrogens with zero attached hydrogens (tertiary/aromatic N) is 1. The molecule has 0 bridgehead atoms. The van der Waals surface area contributed by atoms with E-state index in [1.165, 1.54) is 24.3 Å². The summed E-state index contributed by atoms with van der Waals surface area (Å²) in [6.45, 7) is 0.353. The smallest absolute Gasteiger partial charge is 0.249 e. The van der Waals surface area contributed by atoms with Crippen LogP contribution < -0.4 is 5.73 Å². The van der Waals surface area contributed by atoms with Crippen molar-refractivity contribution >= 4 is 43.6 Å². The Kier molecular flexibility index (Phi) is 4.00. The van der Waals surface area contributed by atoms with Crippen molar-refractivity contribution in [2.75, 3.05) is 0 Å². The summed E-state index contributed by atoms with van der Waals surface area (Å²) < 4.78 is 30.2. The third-order valence-corrected chi connectivity index (χ3v) is 5.23. The van der Waals surface area contributed by atoms with E-state index in [-0.39, 0.29) is 5.82 Å². The SMILES string of the molecule is NC(=O)c1cccc2c1c1cc(F)ccc1n2Cc1cc(F)ccc1Br. The number of aromatic nitrogens is 1. The molecule has 0 aliphatic rings. The Morgan fingerprint density at radius 1 is 1.00 bits per heavy atom. The van der Waals surface area contributed by atoms with Crippen molar-refractivity contribution in [1.82, 2.24) is 4.57 Å². The van der Waals surface area contributed by atoms with Crippen molar-refractivity contribution in [3.05, 3.63) is 81.8 Å². The Labute approximate surface area is 156 Å². The molecule has 0 unspecified atom stereocenters. The third-order valence-electron chi connectivity index (χ3n) is 4.45. The largest absolute Gasteiger partial charge is 0.366 e. The predicted octanol–water partition coefficient (Wildman–Crippen LogP) is 4.98. The third kappa shape index (κ3) is 2.66. The predicted molar refractivity (Wildman–Crippen MR) is 101 cm³/mol. The van der Waals surface area contributed by atoms with Crippen molar-refractivity contribution in [3.8, 4) is 0 Å². The molecule has 1 heterocycles. The summed E-state index contributed by atoms with van der Waals surface area (Å²) in [6, 6.07) is 14.1. The molecule has 2 N–H and O–H groups in total. The topological polar surface area (TPSA) is 48.0 Å². The fourth-order valence-corrected chi connectivity index (χ4v) is 3.70. The molecule has 1 amide bonds. The monoisotopic (exact) mass is 414 g/mol. The molecule has 0 saturated heterocycles. The van der Waals surface area contributed by atoms with Gasteiger partial charge in [0.25, 0.3) is 0 Å². The van der Waals surface area contributed by atoms with E-state index in [1.807, 2.05) is 10.6 Å². The van der Waals surface area contributed by atoms with E-state index in [2.05, 4.69) is 15.9 Å². The number of hydrogen-bond acceptors (Lipinski definition) is 1. The molecule has 0 fully saturated rings. The van der Waals surface area contributed by atoms with Crippen LogP contribution in [0.3, 0.4) is 0 Å². The molecular formula is C20H13BrF2N2O. The molecule has 0 spiro atoms. The van der Waals surface area contributed by atoms with E-state index in [1.54, 1.807) is 24.3 Å². The van der Waals surface area contributed by atoms with Gasteiger partial charge in [-0.1, -0.05) is 22.0 Å². The normalized spacial score (nSPS) is 11.3. The average Bonchev–Trinajstić information content (AvgIpc) is 2.91. The zero-order chi connectivity index (χ0) is 18.4. The van der Waals surface area contributed by atoms with Crippen LogP contribution >= 0.6 is 15.9 Å². The summed E-state index contributed by atoms with van der Waals surface area (Å²) in [7, 11) is 0. The van der Waals surface area contributed by atoms with Gasteiger partial charge in [-0.05, 0) is 54.1 Å². The first-order chi connectivity index (χ1) is 12.5. The molecule has 0 aliphatic carbocycles. The number of carbonyl (C=O) groups is 1. The highest BCUT2D eigenvalue weighted by Crippen LogP contribution is 2.33. The van der Waals surface area contributed by atoms with Crippen LogP contribution in [-0.2, 0) is 6.54 Å². The number of carbonyl (C=O) groups excluding carboxylic acids is 1. The molecule has 0 atom stereocenters. The molecule has 3 nitrogen and oxygen atoms in total. The van der Waals surface area contributed by atoms with Crippen LogP contribution in [0.25, 0.3) is 21.8 Å². The zero-order valence-electron chi connectivity index (χ0n) is 13.5. The molecule has 6 heteroatoms. The highest BCUT2D eigenvalue weighted by molar-refractivity contribution is 9.10. The summed E-state index contributed by atoms with van der Waals surface area (Å²) >= 11 is 3.44. The van der Waals surface area contributed by atoms with Crippen LogP contribution in [-0.4, -0.2) is 10.5 Å². The molecule has 130 valence electrons. The minimum atomic E-state index is -0.578. The van der Waals surface area contributed by atoms with Crippen LogP contribution in [0.5, 0.6) is 0 Å². The second kappa shape index (κ2) is 6.21. The number of rotatable bonds is 3. The van der Waals surface area contributed by atoms with Gasteiger partial charge < -0.3 is 10.3 Å². The number of fused-ring (bicyclic) bond motifs is 3. The maximum Gasteiger partial charge on any atom is 0.249 e. The van der Waals surface area contributed by atoms with E-state index in [0.29, 0.717) is 22.9 Å². The van der Waals surface area contributed by atoms with Crippen molar-refractivity contribution in [1.29, 1.82) is 0 Å². The average molecular weight is 415 g/mol. The molecule has 0 radical (unpaired) electrons. The van der Waals surface area contributed by atoms with Gasteiger partial charge >= 0.3 is 0 Å². The summed E-state index contributed by atoms with van der Waals surface area (Å²) in [5.41, 5.74) is 8.05. The van der Waals surface area contributed by atoms with Crippen molar-refractivity contribution in [2.45, 2.75) is 6.54 Å². The number of amides is 1. The fourth-order valence-electron chi connectivity index (χ4n) is 3.33. The van der Waals surface area contributed by atoms with Gasteiger partial charge in [-0.2, -0.15) is 0 Å². The Balaban J connectivity index is 2.06. The lowest BCUT2D eigenvalue weighted by atomic mass is 10.1. The van der Waals surface area contributed by atoms with E-state index >= 15 is 0 Å². The van der Waals surface area contributed by atoms with Gasteiger partial charge in [-0.15, -0.1) is 0 Å². The lowest BCUT2D eigenvalue weighted by molar-refractivity contribution is 0.100. The lowest BCUT2D eigenvalue weighted by Gasteiger charge is -2.10. The fraction of sp³-hybridized carbons (Fsp3) is 0.0500.